The van der Waals surface area contributed by atoms with E-state index in [4.69, 9.17) is 4.74 Å². The molecule has 0 heterocycles. The molecule has 0 saturated heterocycles. The molecule has 98 valence electrons. The fourth-order valence-corrected chi connectivity index (χ4v) is 1.92. The van der Waals surface area contributed by atoms with Crippen molar-refractivity contribution in [2.45, 2.75) is 13.0 Å². The average Bonchev–Trinajstić information content (AvgIpc) is 2.41. The molecule has 0 amide bonds. The molecule has 0 radical (unpaired) electrons. The van der Waals surface area contributed by atoms with Crippen LogP contribution in [0.5, 0.6) is 5.75 Å². The fourth-order valence-electron chi connectivity index (χ4n) is 1.65. The molecule has 5 heteroatoms. The van der Waals surface area contributed by atoms with E-state index < -0.39 is 4.92 Å². The van der Waals surface area contributed by atoms with Crippen molar-refractivity contribution in [3.63, 3.8) is 0 Å². The third-order valence-electron chi connectivity index (χ3n) is 2.70. The highest BCUT2D eigenvalue weighted by Crippen LogP contribution is 2.24. The molecule has 0 aliphatic heterocycles. The highest BCUT2D eigenvalue weighted by Gasteiger charge is 2.10. The maximum Gasteiger partial charge on any atom is 0.269 e. The van der Waals surface area contributed by atoms with Crippen LogP contribution in [0.4, 0.5) is 5.69 Å². The van der Waals surface area contributed by atoms with Crippen LogP contribution in [0.25, 0.3) is 0 Å². The molecule has 0 aliphatic carbocycles. The van der Waals surface area contributed by atoms with Crippen LogP contribution in [-0.4, -0.2) is 4.92 Å². The smallest absolute Gasteiger partial charge is 0.269 e. The molecule has 1 atom stereocenters. The summed E-state index contributed by atoms with van der Waals surface area (Å²) in [5, 5.41) is 10.6. The van der Waals surface area contributed by atoms with Gasteiger partial charge in [-0.25, -0.2) is 0 Å². The van der Waals surface area contributed by atoms with Crippen molar-refractivity contribution >= 4 is 21.6 Å². The molecule has 0 fully saturated rings. The largest absolute Gasteiger partial charge is 0.486 e. The molecule has 4 nitrogen and oxygen atoms in total. The Morgan fingerprint density at radius 2 is 1.68 bits per heavy atom. The number of nitro benzene ring substituents is 1. The Balaban J connectivity index is 2.09. The van der Waals surface area contributed by atoms with Crippen molar-refractivity contribution in [2.75, 3.05) is 0 Å². The number of nitrogens with zero attached hydrogens (tertiary/aromatic N) is 1. The lowest BCUT2D eigenvalue weighted by Crippen LogP contribution is -2.03. The Bertz CT molecular complexity index is 566. The maximum absolute atomic E-state index is 10.6. The third-order valence-corrected chi connectivity index (χ3v) is 3.23. The van der Waals surface area contributed by atoms with Crippen LogP contribution in [0.3, 0.4) is 0 Å². The molecule has 2 aromatic rings. The number of hydrogen-bond donors (Lipinski definition) is 0. The first-order valence-electron chi connectivity index (χ1n) is 5.73. The topological polar surface area (TPSA) is 52.4 Å². The van der Waals surface area contributed by atoms with E-state index in [0.29, 0.717) is 0 Å². The zero-order valence-corrected chi connectivity index (χ0v) is 11.8. The monoisotopic (exact) mass is 321 g/mol. The van der Waals surface area contributed by atoms with Gasteiger partial charge in [0.25, 0.3) is 5.69 Å². The maximum atomic E-state index is 10.6. The molecule has 0 aliphatic rings. The number of non-ortho nitro benzene ring substituents is 1. The first-order valence-corrected chi connectivity index (χ1v) is 6.52. The summed E-state index contributed by atoms with van der Waals surface area (Å²) in [5.74, 6) is 0.758. The van der Waals surface area contributed by atoms with E-state index in [1.807, 2.05) is 31.2 Å². The molecule has 0 N–H and O–H groups in total. The molecule has 0 spiro atoms. The second kappa shape index (κ2) is 5.84. The SMILES string of the molecule is C[C@H](Oc1ccc(Br)cc1)c1ccc([N+](=O)[O-])cc1. The Hall–Kier alpha value is -1.88. The summed E-state index contributed by atoms with van der Waals surface area (Å²) in [6.07, 6.45) is -0.165. The van der Waals surface area contributed by atoms with E-state index in [1.54, 1.807) is 12.1 Å². The summed E-state index contributed by atoms with van der Waals surface area (Å²) >= 11 is 3.36. The highest BCUT2D eigenvalue weighted by molar-refractivity contribution is 9.10. The van der Waals surface area contributed by atoms with Gasteiger partial charge in [0.2, 0.25) is 0 Å². The van der Waals surface area contributed by atoms with Gasteiger partial charge in [0.1, 0.15) is 11.9 Å². The number of nitro groups is 1. The van der Waals surface area contributed by atoms with Gasteiger partial charge in [0, 0.05) is 16.6 Å². The van der Waals surface area contributed by atoms with Crippen LogP contribution in [0, 0.1) is 10.1 Å². The van der Waals surface area contributed by atoms with Crippen LogP contribution >= 0.6 is 15.9 Å². The van der Waals surface area contributed by atoms with Gasteiger partial charge in [-0.15, -0.1) is 0 Å². The minimum atomic E-state index is -0.413. The number of benzene rings is 2. The van der Waals surface area contributed by atoms with Crippen molar-refractivity contribution in [1.29, 1.82) is 0 Å². The Morgan fingerprint density at radius 1 is 1.11 bits per heavy atom. The van der Waals surface area contributed by atoms with Crippen LogP contribution in [0.1, 0.15) is 18.6 Å². The summed E-state index contributed by atoms with van der Waals surface area (Å²) in [4.78, 5) is 10.2. The summed E-state index contributed by atoms with van der Waals surface area (Å²) in [6.45, 7) is 1.91. The number of rotatable bonds is 4. The van der Waals surface area contributed by atoms with Gasteiger partial charge in [-0.2, -0.15) is 0 Å². The van der Waals surface area contributed by atoms with Gasteiger partial charge in [0.05, 0.1) is 4.92 Å². The molecule has 19 heavy (non-hydrogen) atoms. The van der Waals surface area contributed by atoms with E-state index in [0.717, 1.165) is 15.8 Å². The Morgan fingerprint density at radius 3 is 2.21 bits per heavy atom. The van der Waals surface area contributed by atoms with Crippen LogP contribution < -0.4 is 4.74 Å². The fraction of sp³-hybridized carbons (Fsp3) is 0.143. The van der Waals surface area contributed by atoms with Gasteiger partial charge >= 0.3 is 0 Å². The molecule has 0 saturated carbocycles. The van der Waals surface area contributed by atoms with Crippen molar-refractivity contribution in [1.82, 2.24) is 0 Å². The lowest BCUT2D eigenvalue weighted by Gasteiger charge is -2.14. The standard InChI is InChI=1S/C14H12BrNO3/c1-10(19-14-8-4-12(15)5-9-14)11-2-6-13(7-3-11)16(17)18/h2-10H,1H3/t10-/m0/s1. The molecular weight excluding hydrogens is 310 g/mol. The van der Waals surface area contributed by atoms with Gasteiger partial charge in [-0.3, -0.25) is 10.1 Å². The lowest BCUT2D eigenvalue weighted by atomic mass is 10.1. The minimum Gasteiger partial charge on any atom is -0.486 e. The second-order valence-electron chi connectivity index (χ2n) is 4.06. The summed E-state index contributed by atoms with van der Waals surface area (Å²) in [6, 6.07) is 13.9. The van der Waals surface area contributed by atoms with Crippen molar-refractivity contribution in [3.8, 4) is 5.75 Å². The first kappa shape index (κ1) is 13.5. The van der Waals surface area contributed by atoms with E-state index in [1.165, 1.54) is 12.1 Å². The predicted octanol–water partition coefficient (Wildman–Crippen LogP) is 4.50. The molecule has 2 rings (SSSR count). The molecule has 0 unspecified atom stereocenters. The number of ether oxygens (including phenoxy) is 1. The average molecular weight is 322 g/mol. The molecule has 0 bridgehead atoms. The van der Waals surface area contributed by atoms with Gasteiger partial charge in [0.15, 0.2) is 0 Å². The van der Waals surface area contributed by atoms with Crippen LogP contribution in [-0.2, 0) is 0 Å². The van der Waals surface area contributed by atoms with Crippen molar-refractivity contribution in [2.24, 2.45) is 0 Å². The van der Waals surface area contributed by atoms with E-state index in [-0.39, 0.29) is 11.8 Å². The first-order chi connectivity index (χ1) is 9.06. The Kier molecular flexibility index (Phi) is 4.16. The number of hydrogen-bond acceptors (Lipinski definition) is 3. The van der Waals surface area contributed by atoms with Gasteiger partial charge < -0.3 is 4.74 Å². The van der Waals surface area contributed by atoms with Crippen molar-refractivity contribution < 1.29 is 9.66 Å². The zero-order valence-electron chi connectivity index (χ0n) is 10.2. The third kappa shape index (κ3) is 3.54. The summed E-state index contributed by atoms with van der Waals surface area (Å²) in [7, 11) is 0. The van der Waals surface area contributed by atoms with Crippen LogP contribution in [0.2, 0.25) is 0 Å². The van der Waals surface area contributed by atoms with E-state index in [2.05, 4.69) is 15.9 Å². The molecular formula is C14H12BrNO3. The lowest BCUT2D eigenvalue weighted by molar-refractivity contribution is -0.384. The minimum absolute atomic E-state index is 0.0830. The predicted molar refractivity (Wildman–Crippen MR) is 76.3 cm³/mol. The van der Waals surface area contributed by atoms with E-state index >= 15 is 0 Å². The zero-order chi connectivity index (χ0) is 13.8. The summed E-state index contributed by atoms with van der Waals surface area (Å²) < 4.78 is 6.75. The van der Waals surface area contributed by atoms with E-state index in [9.17, 15) is 10.1 Å². The quantitative estimate of drug-likeness (QED) is 0.615. The molecule has 0 aromatic heterocycles. The van der Waals surface area contributed by atoms with Gasteiger partial charge in [-0.1, -0.05) is 15.9 Å². The normalized spacial score (nSPS) is 11.9. The van der Waals surface area contributed by atoms with Crippen molar-refractivity contribution in [3.05, 3.63) is 68.7 Å². The Labute approximate surface area is 119 Å². The number of halogens is 1. The molecule has 2 aromatic carbocycles. The highest BCUT2D eigenvalue weighted by atomic mass is 79.9. The second-order valence-corrected chi connectivity index (χ2v) is 4.98. The van der Waals surface area contributed by atoms with Gasteiger partial charge in [-0.05, 0) is 48.9 Å². The summed E-state index contributed by atoms with van der Waals surface area (Å²) in [5.41, 5.74) is 0.980. The van der Waals surface area contributed by atoms with Crippen LogP contribution in [0.15, 0.2) is 53.0 Å².